The van der Waals surface area contributed by atoms with Crippen LogP contribution in [0.2, 0.25) is 0 Å². The third-order valence-corrected chi connectivity index (χ3v) is 6.03. The van der Waals surface area contributed by atoms with Crippen molar-refractivity contribution in [2.24, 2.45) is 0 Å². The van der Waals surface area contributed by atoms with Gasteiger partial charge in [-0.3, -0.25) is 0 Å². The Morgan fingerprint density at radius 1 is 0.964 bits per heavy atom. The van der Waals surface area contributed by atoms with Gasteiger partial charge in [0.25, 0.3) is 0 Å². The molecule has 0 spiro atoms. The van der Waals surface area contributed by atoms with Crippen LogP contribution in [0, 0.1) is 27.7 Å². The molecule has 0 amide bonds. The van der Waals surface area contributed by atoms with Gasteiger partial charge in [0.15, 0.2) is 5.82 Å². The Balaban J connectivity index is 2.08. The first-order valence-corrected chi connectivity index (χ1v) is 10.4. The number of thiazole rings is 1. The van der Waals surface area contributed by atoms with Crippen LogP contribution in [0.5, 0.6) is 0 Å². The molecule has 0 fully saturated rings. The van der Waals surface area contributed by atoms with Crippen LogP contribution < -0.4 is 0 Å². The predicted molar refractivity (Wildman–Crippen MR) is 118 cm³/mol. The van der Waals surface area contributed by atoms with Gasteiger partial charge in [-0.05, 0) is 55.9 Å². The zero-order valence-electron chi connectivity index (χ0n) is 17.6. The molecule has 2 heterocycles. The van der Waals surface area contributed by atoms with Crippen LogP contribution in [-0.2, 0) is 5.41 Å². The Morgan fingerprint density at radius 2 is 1.64 bits per heavy atom. The van der Waals surface area contributed by atoms with E-state index in [-0.39, 0.29) is 5.41 Å². The molecule has 28 heavy (non-hydrogen) atoms. The van der Waals surface area contributed by atoms with Crippen molar-refractivity contribution >= 4 is 21.6 Å². The Hall–Kier alpha value is -2.53. The lowest BCUT2D eigenvalue weighted by atomic mass is 9.83. The third kappa shape index (κ3) is 3.04. The molecule has 144 valence electrons. The summed E-state index contributed by atoms with van der Waals surface area (Å²) in [5, 5.41) is 5.70. The lowest BCUT2D eigenvalue weighted by Gasteiger charge is -2.23. The maximum absolute atomic E-state index is 4.87. The van der Waals surface area contributed by atoms with E-state index in [0.29, 0.717) is 0 Å². The topological polar surface area (TPSA) is 43.6 Å². The molecule has 4 aromatic rings. The molecule has 2 aromatic carbocycles. The fraction of sp³-hybridized carbons (Fsp3) is 0.348. The zero-order valence-corrected chi connectivity index (χ0v) is 18.4. The van der Waals surface area contributed by atoms with Gasteiger partial charge in [0.2, 0.25) is 0 Å². The highest BCUT2D eigenvalue weighted by molar-refractivity contribution is 7.18. The van der Waals surface area contributed by atoms with Crippen molar-refractivity contribution in [2.45, 2.75) is 53.9 Å². The van der Waals surface area contributed by atoms with Gasteiger partial charge in [0, 0.05) is 0 Å². The van der Waals surface area contributed by atoms with Crippen LogP contribution in [0.15, 0.2) is 30.6 Å². The van der Waals surface area contributed by atoms with E-state index in [0.717, 1.165) is 27.6 Å². The second-order valence-corrected chi connectivity index (χ2v) is 9.80. The molecule has 2 aromatic heterocycles. The van der Waals surface area contributed by atoms with Gasteiger partial charge in [0.1, 0.15) is 6.33 Å². The number of hydrogen-bond acceptors (Lipinski definition) is 4. The number of rotatable bonds is 2. The zero-order chi connectivity index (χ0) is 20.2. The van der Waals surface area contributed by atoms with Crippen LogP contribution in [0.4, 0.5) is 0 Å². The summed E-state index contributed by atoms with van der Waals surface area (Å²) in [4.78, 5) is 9.59. The van der Waals surface area contributed by atoms with Crippen LogP contribution in [-0.4, -0.2) is 19.7 Å². The second-order valence-electron chi connectivity index (χ2n) is 8.56. The molecule has 0 unspecified atom stereocenters. The third-order valence-electron chi connectivity index (χ3n) is 5.09. The lowest BCUT2D eigenvalue weighted by molar-refractivity contribution is 0.591. The molecule has 0 saturated carbocycles. The Kier molecular flexibility index (Phi) is 4.38. The van der Waals surface area contributed by atoms with Crippen molar-refractivity contribution in [2.75, 3.05) is 0 Å². The number of aromatic nitrogens is 4. The molecule has 5 heteroatoms. The monoisotopic (exact) mass is 390 g/mol. The summed E-state index contributed by atoms with van der Waals surface area (Å²) >= 11 is 1.72. The average molecular weight is 391 g/mol. The largest absolute Gasteiger partial charge is 0.241 e. The van der Waals surface area contributed by atoms with E-state index in [1.165, 1.54) is 27.0 Å². The van der Waals surface area contributed by atoms with Crippen LogP contribution in [0.25, 0.3) is 27.3 Å². The van der Waals surface area contributed by atoms with E-state index < -0.39 is 0 Å². The quantitative estimate of drug-likeness (QED) is 0.417. The molecule has 0 radical (unpaired) electrons. The summed E-state index contributed by atoms with van der Waals surface area (Å²) < 4.78 is 3.18. The van der Waals surface area contributed by atoms with Gasteiger partial charge < -0.3 is 0 Å². The molecule has 4 nitrogen and oxygen atoms in total. The summed E-state index contributed by atoms with van der Waals surface area (Å²) in [7, 11) is 0. The Bertz CT molecular complexity index is 1170. The second kappa shape index (κ2) is 6.52. The van der Waals surface area contributed by atoms with Crippen LogP contribution >= 0.6 is 11.3 Å². The highest BCUT2D eigenvalue weighted by atomic mass is 32.1. The van der Waals surface area contributed by atoms with E-state index in [4.69, 9.17) is 9.97 Å². The van der Waals surface area contributed by atoms with E-state index in [2.05, 4.69) is 77.8 Å². The SMILES string of the molecule is Cc1cc(C)c(-n2ncnc2-c2c(C(C)(C)C)ccc3sc(C)nc23)c(C)c1. The molecule has 0 bridgehead atoms. The minimum absolute atomic E-state index is 0.0325. The smallest absolute Gasteiger partial charge is 0.165 e. The highest BCUT2D eigenvalue weighted by Gasteiger charge is 2.26. The molecule has 4 rings (SSSR count). The van der Waals surface area contributed by atoms with Gasteiger partial charge >= 0.3 is 0 Å². The predicted octanol–water partition coefficient (Wildman–Crippen LogP) is 6.08. The molecule has 0 aliphatic rings. The molecule has 0 aliphatic carbocycles. The average Bonchev–Trinajstić information content (AvgIpc) is 3.17. The number of hydrogen-bond donors (Lipinski definition) is 0. The standard InChI is InChI=1S/C23H26N4S/c1-13-10-14(2)21(15(3)11-13)27-22(24-12-25-27)19-17(23(5,6)7)8-9-18-20(19)26-16(4)28-18/h8-12H,1-7H3. The van der Waals surface area contributed by atoms with E-state index in [1.807, 2.05) is 4.68 Å². The van der Waals surface area contributed by atoms with Crippen LogP contribution in [0.3, 0.4) is 0 Å². The van der Waals surface area contributed by atoms with Gasteiger partial charge in [0.05, 0.1) is 26.5 Å². The van der Waals surface area contributed by atoms with Gasteiger partial charge in [-0.1, -0.05) is 44.5 Å². The van der Waals surface area contributed by atoms with Gasteiger partial charge in [-0.25, -0.2) is 14.6 Å². The maximum atomic E-state index is 4.87. The maximum Gasteiger partial charge on any atom is 0.165 e. The van der Waals surface area contributed by atoms with Crippen molar-refractivity contribution in [1.82, 2.24) is 19.7 Å². The normalized spacial score (nSPS) is 12.1. The first kappa shape index (κ1) is 18.8. The highest BCUT2D eigenvalue weighted by Crippen LogP contribution is 2.40. The van der Waals surface area contributed by atoms with Crippen molar-refractivity contribution in [3.63, 3.8) is 0 Å². The summed E-state index contributed by atoms with van der Waals surface area (Å²) in [5.74, 6) is 0.857. The Labute approximate surface area is 170 Å². The van der Waals surface area contributed by atoms with Crippen molar-refractivity contribution in [3.8, 4) is 17.1 Å². The first-order chi connectivity index (χ1) is 13.2. The summed E-state index contributed by atoms with van der Waals surface area (Å²) in [6, 6.07) is 8.81. The minimum Gasteiger partial charge on any atom is -0.241 e. The van der Waals surface area contributed by atoms with E-state index in [1.54, 1.807) is 17.7 Å². The fourth-order valence-electron chi connectivity index (χ4n) is 4.04. The molecule has 0 saturated heterocycles. The number of nitrogens with zero attached hydrogens (tertiary/aromatic N) is 4. The first-order valence-electron chi connectivity index (χ1n) is 9.56. The molecular formula is C23H26N4S. The minimum atomic E-state index is -0.0325. The molecular weight excluding hydrogens is 364 g/mol. The van der Waals surface area contributed by atoms with Gasteiger partial charge in [-0.2, -0.15) is 5.10 Å². The van der Waals surface area contributed by atoms with Crippen molar-refractivity contribution in [3.05, 3.63) is 57.9 Å². The van der Waals surface area contributed by atoms with Crippen molar-refractivity contribution in [1.29, 1.82) is 0 Å². The number of benzene rings is 2. The van der Waals surface area contributed by atoms with Crippen molar-refractivity contribution < 1.29 is 0 Å². The Morgan fingerprint density at radius 3 is 2.29 bits per heavy atom. The van der Waals surface area contributed by atoms with Gasteiger partial charge in [-0.15, -0.1) is 11.3 Å². The van der Waals surface area contributed by atoms with E-state index >= 15 is 0 Å². The summed E-state index contributed by atoms with van der Waals surface area (Å²) in [6.45, 7) is 15.2. The summed E-state index contributed by atoms with van der Waals surface area (Å²) in [6.07, 6.45) is 1.65. The number of aryl methyl sites for hydroxylation is 4. The van der Waals surface area contributed by atoms with E-state index in [9.17, 15) is 0 Å². The molecule has 0 N–H and O–H groups in total. The molecule has 0 atom stereocenters. The molecule has 0 aliphatic heterocycles. The lowest BCUT2D eigenvalue weighted by Crippen LogP contribution is -2.15. The number of fused-ring (bicyclic) bond motifs is 1. The fourth-order valence-corrected chi connectivity index (χ4v) is 4.87. The van der Waals surface area contributed by atoms with Crippen LogP contribution in [0.1, 0.15) is 48.0 Å². The summed E-state index contributed by atoms with van der Waals surface area (Å²) in [5.41, 5.74) is 8.07.